The lowest BCUT2D eigenvalue weighted by Crippen LogP contribution is -2.51. The fraction of sp³-hybridized carbons (Fsp3) is 0.292. The summed E-state index contributed by atoms with van der Waals surface area (Å²) in [6.45, 7) is 1.95. The lowest BCUT2D eigenvalue weighted by Gasteiger charge is -2.34. The van der Waals surface area contributed by atoms with Crippen LogP contribution in [0.4, 0.5) is 0 Å². The molecule has 3 aromatic heterocycles. The molecular formula is C24H24N4O5S. The molecule has 0 bridgehead atoms. The first-order valence-corrected chi connectivity index (χ1v) is 11.7. The minimum atomic E-state index is -0.143. The maximum absolute atomic E-state index is 13.0. The fourth-order valence-electron chi connectivity index (χ4n) is 4.08. The molecule has 1 aliphatic rings. The molecule has 1 saturated heterocycles. The van der Waals surface area contributed by atoms with Crippen LogP contribution in [0.15, 0.2) is 52.6 Å². The Hall–Kier alpha value is -3.79. The summed E-state index contributed by atoms with van der Waals surface area (Å²) in [4.78, 5) is 34.5. The molecule has 2 amide bonds. The van der Waals surface area contributed by atoms with Gasteiger partial charge in [0.1, 0.15) is 11.5 Å². The van der Waals surface area contributed by atoms with Crippen molar-refractivity contribution in [1.29, 1.82) is 0 Å². The normalized spacial score (nSPS) is 13.9. The summed E-state index contributed by atoms with van der Waals surface area (Å²) >= 11 is 1.49. The average molecular weight is 481 g/mol. The molecule has 4 heterocycles. The Kier molecular flexibility index (Phi) is 5.97. The molecule has 0 N–H and O–H groups in total. The fourth-order valence-corrected chi connectivity index (χ4v) is 4.96. The number of nitrogens with zero attached hydrogens (tertiary/aromatic N) is 4. The third-order valence-electron chi connectivity index (χ3n) is 5.95. The Labute approximate surface area is 200 Å². The first-order chi connectivity index (χ1) is 16.6. The van der Waals surface area contributed by atoms with Crippen molar-refractivity contribution in [2.24, 2.45) is 0 Å². The van der Waals surface area contributed by atoms with E-state index in [9.17, 15) is 9.59 Å². The number of ether oxygens (including phenoxy) is 2. The third-order valence-corrected chi connectivity index (χ3v) is 6.84. The largest absolute Gasteiger partial charge is 0.497 e. The lowest BCUT2D eigenvalue weighted by atomic mass is 10.1. The Morgan fingerprint density at radius 2 is 1.88 bits per heavy atom. The molecule has 1 fully saturated rings. The monoisotopic (exact) mass is 480 g/mol. The number of carbonyl (C=O) groups excluding carboxylic acids is 2. The number of imidazole rings is 1. The van der Waals surface area contributed by atoms with Gasteiger partial charge >= 0.3 is 0 Å². The maximum atomic E-state index is 13.0. The van der Waals surface area contributed by atoms with E-state index in [4.69, 9.17) is 18.9 Å². The summed E-state index contributed by atoms with van der Waals surface area (Å²) in [6, 6.07) is 8.93. The van der Waals surface area contributed by atoms with Crippen LogP contribution in [0.2, 0.25) is 0 Å². The second-order valence-electron chi connectivity index (χ2n) is 7.90. The van der Waals surface area contributed by atoms with Crippen LogP contribution in [0.1, 0.15) is 16.2 Å². The quantitative estimate of drug-likeness (QED) is 0.421. The summed E-state index contributed by atoms with van der Waals surface area (Å²) in [6.07, 6.45) is 3.67. The van der Waals surface area contributed by atoms with Crippen LogP contribution in [0.25, 0.3) is 16.2 Å². The molecule has 176 valence electrons. The van der Waals surface area contributed by atoms with E-state index in [1.54, 1.807) is 36.2 Å². The van der Waals surface area contributed by atoms with Crippen molar-refractivity contribution < 1.29 is 23.5 Å². The standard InChI is InChI=1S/C24H24N4O5S/c1-31-17-5-6-20(32-2)18(13-17)19-14-28-16(15-34-24(28)25-19)12-22(29)26-7-9-27(10-8-26)23(30)21-4-3-11-33-21/h3-6,11,13-15H,7-10,12H2,1-2H3. The molecule has 0 saturated carbocycles. The molecule has 0 radical (unpaired) electrons. The zero-order chi connectivity index (χ0) is 23.7. The van der Waals surface area contributed by atoms with Gasteiger partial charge in [0.15, 0.2) is 10.7 Å². The Morgan fingerprint density at radius 3 is 2.59 bits per heavy atom. The second kappa shape index (κ2) is 9.22. The number of methoxy groups -OCH3 is 2. The predicted molar refractivity (Wildman–Crippen MR) is 127 cm³/mol. The number of hydrogen-bond acceptors (Lipinski definition) is 7. The summed E-state index contributed by atoms with van der Waals surface area (Å²) in [5.41, 5.74) is 2.45. The van der Waals surface area contributed by atoms with Crippen LogP contribution >= 0.6 is 11.3 Å². The van der Waals surface area contributed by atoms with E-state index in [0.717, 1.165) is 21.9 Å². The first-order valence-electron chi connectivity index (χ1n) is 10.9. The molecule has 0 spiro atoms. The van der Waals surface area contributed by atoms with E-state index in [1.807, 2.05) is 34.2 Å². The molecule has 4 aromatic rings. The van der Waals surface area contributed by atoms with Crippen molar-refractivity contribution >= 4 is 28.1 Å². The van der Waals surface area contributed by atoms with E-state index in [-0.39, 0.29) is 18.2 Å². The highest BCUT2D eigenvalue weighted by Gasteiger charge is 2.26. The van der Waals surface area contributed by atoms with Crippen molar-refractivity contribution in [1.82, 2.24) is 19.2 Å². The Morgan fingerprint density at radius 1 is 1.09 bits per heavy atom. The highest BCUT2D eigenvalue weighted by Crippen LogP contribution is 2.34. The van der Waals surface area contributed by atoms with Crippen LogP contribution in [-0.4, -0.2) is 71.4 Å². The van der Waals surface area contributed by atoms with Gasteiger partial charge in [-0.15, -0.1) is 11.3 Å². The van der Waals surface area contributed by atoms with Crippen molar-refractivity contribution in [2.75, 3.05) is 40.4 Å². The minimum absolute atomic E-state index is 0.0269. The highest BCUT2D eigenvalue weighted by molar-refractivity contribution is 7.15. The summed E-state index contributed by atoms with van der Waals surface area (Å²) < 4.78 is 18.0. The highest BCUT2D eigenvalue weighted by atomic mass is 32.1. The van der Waals surface area contributed by atoms with Crippen LogP contribution in [-0.2, 0) is 11.2 Å². The predicted octanol–water partition coefficient (Wildman–Crippen LogP) is 3.20. The van der Waals surface area contributed by atoms with Crippen LogP contribution in [0, 0.1) is 0 Å². The molecule has 1 aromatic carbocycles. The molecule has 0 aliphatic carbocycles. The number of thiazole rings is 1. The van der Waals surface area contributed by atoms with Gasteiger partial charge in [-0.2, -0.15) is 0 Å². The van der Waals surface area contributed by atoms with Crippen molar-refractivity contribution in [3.63, 3.8) is 0 Å². The lowest BCUT2D eigenvalue weighted by molar-refractivity contribution is -0.132. The maximum Gasteiger partial charge on any atom is 0.289 e. The molecule has 0 unspecified atom stereocenters. The molecule has 34 heavy (non-hydrogen) atoms. The average Bonchev–Trinajstić information content (AvgIpc) is 3.62. The molecule has 5 rings (SSSR count). The van der Waals surface area contributed by atoms with Gasteiger partial charge in [-0.25, -0.2) is 4.98 Å². The topological polar surface area (TPSA) is 89.5 Å². The van der Waals surface area contributed by atoms with Crippen LogP contribution in [0.3, 0.4) is 0 Å². The summed E-state index contributed by atoms with van der Waals surface area (Å²) in [7, 11) is 3.24. The van der Waals surface area contributed by atoms with E-state index in [1.165, 1.54) is 17.6 Å². The second-order valence-corrected chi connectivity index (χ2v) is 8.74. The number of piperazine rings is 1. The van der Waals surface area contributed by atoms with E-state index < -0.39 is 0 Å². The number of fused-ring (bicyclic) bond motifs is 1. The zero-order valence-corrected chi connectivity index (χ0v) is 19.7. The number of carbonyl (C=O) groups is 2. The first kappa shape index (κ1) is 22.0. The van der Waals surface area contributed by atoms with Crippen LogP contribution in [0.5, 0.6) is 11.5 Å². The minimum Gasteiger partial charge on any atom is -0.497 e. The van der Waals surface area contributed by atoms with Gasteiger partial charge in [-0.3, -0.25) is 14.0 Å². The summed E-state index contributed by atoms with van der Waals surface area (Å²) in [5, 5.41) is 1.96. The number of rotatable bonds is 6. The zero-order valence-electron chi connectivity index (χ0n) is 18.9. The number of aromatic nitrogens is 2. The SMILES string of the molecule is COc1ccc(OC)c(-c2cn3c(CC(=O)N4CCN(C(=O)c5ccco5)CC4)csc3n2)c1. The molecule has 9 nitrogen and oxygen atoms in total. The van der Waals surface area contributed by atoms with E-state index in [2.05, 4.69) is 0 Å². The Balaban J connectivity index is 1.28. The van der Waals surface area contributed by atoms with Gasteiger partial charge in [0.05, 0.1) is 32.6 Å². The van der Waals surface area contributed by atoms with Gasteiger partial charge in [0.25, 0.3) is 5.91 Å². The third kappa shape index (κ3) is 4.12. The van der Waals surface area contributed by atoms with Crippen molar-refractivity contribution in [3.05, 3.63) is 59.6 Å². The van der Waals surface area contributed by atoms with Gasteiger partial charge in [0, 0.05) is 49.0 Å². The van der Waals surface area contributed by atoms with Gasteiger partial charge in [0.2, 0.25) is 5.91 Å². The van der Waals surface area contributed by atoms with E-state index in [0.29, 0.717) is 43.4 Å². The number of furan rings is 1. The van der Waals surface area contributed by atoms with Gasteiger partial charge in [-0.05, 0) is 30.3 Å². The van der Waals surface area contributed by atoms with Gasteiger partial charge < -0.3 is 23.7 Å². The molecule has 0 atom stereocenters. The Bertz CT molecular complexity index is 1320. The van der Waals surface area contributed by atoms with Crippen molar-refractivity contribution in [3.8, 4) is 22.8 Å². The summed E-state index contributed by atoms with van der Waals surface area (Å²) in [5.74, 6) is 1.62. The van der Waals surface area contributed by atoms with Crippen LogP contribution < -0.4 is 9.47 Å². The molecule has 1 aliphatic heterocycles. The number of amides is 2. The van der Waals surface area contributed by atoms with E-state index >= 15 is 0 Å². The molecule has 10 heteroatoms. The molecular weight excluding hydrogens is 456 g/mol. The van der Waals surface area contributed by atoms with Crippen molar-refractivity contribution in [2.45, 2.75) is 6.42 Å². The smallest absolute Gasteiger partial charge is 0.289 e. The number of benzene rings is 1. The number of hydrogen-bond donors (Lipinski definition) is 0. The van der Waals surface area contributed by atoms with Gasteiger partial charge in [-0.1, -0.05) is 0 Å².